The van der Waals surface area contributed by atoms with Gasteiger partial charge in [0.1, 0.15) is 23.0 Å². The molecule has 0 atom stereocenters. The quantitative estimate of drug-likeness (QED) is 0.135. The lowest BCUT2D eigenvalue weighted by Crippen LogP contribution is -2.65. The third-order valence-corrected chi connectivity index (χ3v) is 23.4. The van der Waals surface area contributed by atoms with E-state index in [1.165, 1.54) is 4.57 Å². The van der Waals surface area contributed by atoms with Crippen LogP contribution in [0.5, 0.6) is 23.0 Å². The Morgan fingerprint density at radius 1 is 0.292 bits per heavy atom. The lowest BCUT2D eigenvalue weighted by Gasteiger charge is -2.47. The van der Waals surface area contributed by atoms with E-state index in [0.29, 0.717) is 56.7 Å². The minimum atomic E-state index is -1.16. The molecule has 0 unspecified atom stereocenters. The van der Waals surface area contributed by atoms with Gasteiger partial charge in [0, 0.05) is 67.4 Å². The van der Waals surface area contributed by atoms with E-state index in [2.05, 4.69) is 281 Å². The van der Waals surface area contributed by atoms with Gasteiger partial charge in [-0.2, -0.15) is 0 Å². The van der Waals surface area contributed by atoms with Crippen LogP contribution in [0.1, 0.15) is 120 Å². The maximum absolute atomic E-state index is 11.9. The van der Waals surface area contributed by atoms with Crippen LogP contribution in [0.2, 0.25) is 0 Å². The van der Waals surface area contributed by atoms with Crippen molar-refractivity contribution in [3.8, 4) is 95.4 Å². The van der Waals surface area contributed by atoms with Gasteiger partial charge >= 0.3 is 0 Å². The first-order chi connectivity index (χ1) is 59.2. The molecule has 5 nitrogen and oxygen atoms in total. The summed E-state index contributed by atoms with van der Waals surface area (Å²) in [6.07, 6.45) is 0. The van der Waals surface area contributed by atoms with Crippen molar-refractivity contribution >= 4 is 102 Å². The molecule has 5 heterocycles. The fraction of sp³-hybridized carbons (Fsp3) is 0.151. The lowest BCUT2D eigenvalue weighted by atomic mass is 9.30. The molecule has 0 amide bonds. The van der Waals surface area contributed by atoms with Crippen LogP contribution in [-0.4, -0.2) is 18.0 Å². The van der Waals surface area contributed by atoms with Gasteiger partial charge in [0.2, 0.25) is 0 Å². The number of fused-ring (bicyclic) bond motifs is 12. The Kier molecular flexibility index (Phi) is 13.4. The monoisotopic (exact) mass is 1470 g/mol. The predicted molar refractivity (Wildman–Crippen MR) is 480 cm³/mol. The van der Waals surface area contributed by atoms with E-state index in [4.69, 9.17) is 9.47 Å². The van der Waals surface area contributed by atoms with Gasteiger partial charge in [0.05, 0.1) is 37.5 Å². The molecule has 0 saturated heterocycles. The van der Waals surface area contributed by atoms with Gasteiger partial charge < -0.3 is 23.8 Å². The van der Waals surface area contributed by atoms with Gasteiger partial charge in [0.15, 0.2) is 0 Å². The van der Waals surface area contributed by atoms with Gasteiger partial charge in [-0.25, -0.2) is 0 Å². The molecule has 16 aromatic rings. The van der Waals surface area contributed by atoms with E-state index in [0.717, 1.165) is 111 Å². The predicted octanol–water partition coefficient (Wildman–Crippen LogP) is 24.8. The van der Waals surface area contributed by atoms with Crippen molar-refractivity contribution in [2.24, 2.45) is 0 Å². The maximum Gasteiger partial charge on any atom is 0.260 e. The zero-order valence-electron chi connectivity index (χ0n) is 76.6. The molecular formula is C106H89B2N3O2. The number of hydrogen-bond acceptors (Lipinski definition) is 4. The first-order valence-corrected chi connectivity index (χ1v) is 39.2. The average Bonchev–Trinajstić information content (AvgIpc) is 0.727. The van der Waals surface area contributed by atoms with Crippen LogP contribution < -0.4 is 52.1 Å². The molecule has 0 saturated carbocycles. The molecule has 0 radical (unpaired) electrons. The Morgan fingerprint density at radius 3 is 1.25 bits per heavy atom. The molecule has 0 spiro atoms. The topological polar surface area (TPSA) is 29.9 Å². The van der Waals surface area contributed by atoms with Crippen LogP contribution in [-0.2, 0) is 21.7 Å². The number of hydrogen-bond donors (Lipinski definition) is 0. The molecule has 0 aliphatic carbocycles. The highest BCUT2D eigenvalue weighted by atomic mass is 16.5. The van der Waals surface area contributed by atoms with E-state index < -0.39 is 78.6 Å². The second-order valence-electron chi connectivity index (χ2n) is 34.8. The number of rotatable bonds is 9. The number of ether oxygens (including phenoxy) is 2. The van der Waals surface area contributed by atoms with Gasteiger partial charge in [-0.1, -0.05) is 326 Å². The van der Waals surface area contributed by atoms with Crippen molar-refractivity contribution in [3.05, 3.63) is 344 Å². The molecule has 7 heteroatoms. The second-order valence-corrected chi connectivity index (χ2v) is 34.8. The van der Waals surface area contributed by atoms with E-state index in [9.17, 15) is 15.1 Å². The fourth-order valence-corrected chi connectivity index (χ4v) is 17.5. The molecular weight excluding hydrogens is 1370 g/mol. The van der Waals surface area contributed by atoms with Crippen LogP contribution in [0.4, 0.5) is 34.1 Å². The highest BCUT2D eigenvalue weighted by molar-refractivity contribution is 7.03. The summed E-state index contributed by atoms with van der Waals surface area (Å²) in [6.45, 7) is 25.0. The van der Waals surface area contributed by atoms with Gasteiger partial charge in [-0.15, -0.1) is 0 Å². The van der Waals surface area contributed by atoms with E-state index in [1.54, 1.807) is 0 Å². The summed E-state index contributed by atoms with van der Waals surface area (Å²) < 4.78 is 129. The average molecular weight is 1470 g/mol. The van der Waals surface area contributed by atoms with Gasteiger partial charge in [-0.3, -0.25) is 0 Å². The van der Waals surface area contributed by atoms with Crippen molar-refractivity contribution < 1.29 is 24.6 Å². The Balaban J connectivity index is 1.03. The Morgan fingerprint density at radius 2 is 0.735 bits per heavy atom. The number of anilines is 6. The summed E-state index contributed by atoms with van der Waals surface area (Å²) >= 11 is 0. The molecule has 0 bridgehead atoms. The SMILES string of the molecule is [2H]c1c([2H])c(-n2c3c([2H])c([2H])c([2H])c([2H])c3c3c([2H])c([2H])c([2H])c([2H])c32)c([2H])c2c1B1c3c(cc(-c4cc(C(C)(C)C)cc(C(C)(C)C)c4)cc3N2c2ccc(C(C)(C)C)cc2-c2ccccc2)N(c2c(-c3ccccc3)cc(C(C)(C)C)cc2-c2ccccc2)c2cc3c4c(c21)Oc1ccc(-c2ccccc2)cc1B4c1cc(-c2ccccc2)ccc1O3. The van der Waals surface area contributed by atoms with Crippen molar-refractivity contribution in [3.63, 3.8) is 0 Å². The fourth-order valence-electron chi connectivity index (χ4n) is 17.5. The Bertz CT molecular complexity index is 7020. The standard InChI is InChI=1S/C106H89B2N3O2/c1-103(2,3)75-48-51-90(82(61-75)68-36-22-15-23-37-68)110-91-64-79(109-88-44-30-28-42-80(88)81-43-29-31-45-89(81)109)49-50-85(91)108-98-92(110)58-74(73-54-76(104(4,5)6)60-77(55-73)105(7,8)9)59-93(98)111(101-83(69-38-24-16-25-39-69)62-78(106(10,11)12)63-84(101)70-40-26-17-27-41-70)94-65-97-100-102(99(94)108)113-96-53-47-72(67-34-20-14-21-35-67)57-87(96)107(100)86-56-71(46-52-95(86)112-97)66-32-18-13-19-33-66/h13-65H,1-12H3/i28D,29D,30D,31D,42D,43D,44D,45D,49D,50D,64D. The van der Waals surface area contributed by atoms with Crippen LogP contribution in [0.3, 0.4) is 0 Å². The largest absolute Gasteiger partial charge is 0.459 e. The summed E-state index contributed by atoms with van der Waals surface area (Å²) in [6, 6.07) is 83.3. The number of benzene rings is 15. The molecule has 546 valence electrons. The molecule has 15 aromatic carbocycles. The number of para-hydroxylation sites is 2. The molecule has 1 aromatic heterocycles. The zero-order chi connectivity index (χ0) is 86.7. The first kappa shape index (κ1) is 58.4. The van der Waals surface area contributed by atoms with Crippen molar-refractivity contribution in [1.29, 1.82) is 0 Å². The Labute approximate surface area is 681 Å². The maximum atomic E-state index is 11.9. The summed E-state index contributed by atoms with van der Waals surface area (Å²) in [5.41, 5.74) is 20.3. The number of nitrogens with zero attached hydrogens (tertiary/aromatic N) is 3. The Hall–Kier alpha value is -12.6. The summed E-state index contributed by atoms with van der Waals surface area (Å²) in [5, 5.41) is -0.450. The van der Waals surface area contributed by atoms with Gasteiger partial charge in [-0.05, 0) is 194 Å². The summed E-state index contributed by atoms with van der Waals surface area (Å²) in [5.74, 6) is 2.19. The number of aromatic nitrogens is 1. The summed E-state index contributed by atoms with van der Waals surface area (Å²) in [4.78, 5) is 4.53. The molecule has 4 aliphatic heterocycles. The van der Waals surface area contributed by atoms with Crippen LogP contribution in [0.25, 0.3) is 94.3 Å². The first-order valence-electron chi connectivity index (χ1n) is 44.7. The van der Waals surface area contributed by atoms with Crippen LogP contribution in [0.15, 0.2) is 321 Å². The van der Waals surface area contributed by atoms with Crippen molar-refractivity contribution in [2.45, 2.75) is 105 Å². The molecule has 0 fully saturated rings. The van der Waals surface area contributed by atoms with Crippen molar-refractivity contribution in [1.82, 2.24) is 4.57 Å². The minimum Gasteiger partial charge on any atom is -0.459 e. The molecule has 0 N–H and O–H groups in total. The third kappa shape index (κ3) is 11.6. The highest BCUT2D eigenvalue weighted by Gasteiger charge is 2.52. The van der Waals surface area contributed by atoms with Crippen LogP contribution >= 0.6 is 0 Å². The highest BCUT2D eigenvalue weighted by Crippen LogP contribution is 2.56. The molecule has 113 heavy (non-hydrogen) atoms. The smallest absolute Gasteiger partial charge is 0.260 e. The van der Waals surface area contributed by atoms with E-state index >= 15 is 0 Å². The van der Waals surface area contributed by atoms with Gasteiger partial charge in [0.25, 0.3) is 13.4 Å². The third-order valence-electron chi connectivity index (χ3n) is 23.4. The normalized spacial score (nSPS) is 14.7. The lowest BCUT2D eigenvalue weighted by molar-refractivity contribution is 0.467. The zero-order valence-corrected chi connectivity index (χ0v) is 65.6. The molecule has 20 rings (SSSR count). The minimum absolute atomic E-state index is 0.135. The molecule has 4 aliphatic rings. The van der Waals surface area contributed by atoms with E-state index in [-0.39, 0.29) is 61.6 Å². The van der Waals surface area contributed by atoms with Crippen molar-refractivity contribution in [2.75, 3.05) is 9.80 Å². The second kappa shape index (κ2) is 26.0. The van der Waals surface area contributed by atoms with E-state index in [1.807, 2.05) is 66.7 Å². The van der Waals surface area contributed by atoms with Crippen LogP contribution in [0, 0.1) is 0 Å². The summed E-state index contributed by atoms with van der Waals surface area (Å²) in [7, 11) is 0.